The van der Waals surface area contributed by atoms with E-state index in [1.54, 1.807) is 13.8 Å². The van der Waals surface area contributed by atoms with E-state index >= 15 is 0 Å². The first-order valence-electron chi connectivity index (χ1n) is 5.61. The molecule has 0 aromatic heterocycles. The fourth-order valence-electron chi connectivity index (χ4n) is 1.95. The molecule has 0 saturated heterocycles. The highest BCUT2D eigenvalue weighted by molar-refractivity contribution is 5.46. The zero-order chi connectivity index (χ0) is 13.5. The molecule has 2 rings (SSSR count). The molecule has 98 valence electrons. The smallest absolute Gasteiger partial charge is 0.311 e. The van der Waals surface area contributed by atoms with Gasteiger partial charge < -0.3 is 9.84 Å². The van der Waals surface area contributed by atoms with Gasteiger partial charge in [-0.1, -0.05) is 13.8 Å². The molecule has 0 radical (unpaired) electrons. The molecular weight excluding hydrogens is 241 g/mol. The summed E-state index contributed by atoms with van der Waals surface area (Å²) in [5, 5.41) is 20.4. The predicted octanol–water partition coefficient (Wildman–Crippen LogP) is 2.27. The zero-order valence-electron chi connectivity index (χ0n) is 10.1. The van der Waals surface area contributed by atoms with Gasteiger partial charge in [0.15, 0.2) is 5.75 Å². The molecule has 1 fully saturated rings. The maximum atomic E-state index is 13.1. The van der Waals surface area contributed by atoms with Crippen molar-refractivity contribution < 1.29 is 19.2 Å². The number of halogens is 1. The number of nitrogens with zero attached hydrogens (tertiary/aromatic N) is 1. The average Bonchev–Trinajstić information content (AvgIpc) is 2.28. The summed E-state index contributed by atoms with van der Waals surface area (Å²) in [6, 6.07) is 3.09. The zero-order valence-corrected chi connectivity index (χ0v) is 10.1. The van der Waals surface area contributed by atoms with Crippen LogP contribution in [-0.4, -0.2) is 22.2 Å². The number of aliphatic hydroxyl groups excluding tert-OH is 1. The molecule has 1 saturated carbocycles. The number of ether oxygens (including phenoxy) is 1. The number of rotatable bonds is 3. The summed E-state index contributed by atoms with van der Waals surface area (Å²) in [6.07, 6.45) is -0.469. The summed E-state index contributed by atoms with van der Waals surface area (Å²) in [7, 11) is 0. The third-order valence-corrected chi connectivity index (χ3v) is 3.51. The van der Waals surface area contributed by atoms with Gasteiger partial charge in [-0.3, -0.25) is 10.1 Å². The second kappa shape index (κ2) is 4.20. The fourth-order valence-corrected chi connectivity index (χ4v) is 1.95. The van der Waals surface area contributed by atoms with E-state index in [1.807, 2.05) is 0 Å². The standard InChI is InChI=1S/C12H14FNO4/c1-12(2)10(15)6-11(12)18-9-5-7(13)3-4-8(9)14(16)17/h3-5,10-11,15H,6H2,1-2H3. The quantitative estimate of drug-likeness (QED) is 0.664. The molecule has 0 amide bonds. The Balaban J connectivity index is 2.24. The van der Waals surface area contributed by atoms with Gasteiger partial charge in [-0.05, 0) is 6.07 Å². The minimum absolute atomic E-state index is 0.0926. The van der Waals surface area contributed by atoms with Crippen molar-refractivity contribution in [2.24, 2.45) is 5.41 Å². The first-order chi connectivity index (χ1) is 8.32. The van der Waals surface area contributed by atoms with Crippen LogP contribution in [0.25, 0.3) is 0 Å². The molecule has 0 aliphatic heterocycles. The lowest BCUT2D eigenvalue weighted by molar-refractivity contribution is -0.386. The third-order valence-electron chi connectivity index (χ3n) is 3.51. The summed E-state index contributed by atoms with van der Waals surface area (Å²) in [5.41, 5.74) is -0.756. The lowest BCUT2D eigenvalue weighted by Gasteiger charge is -2.48. The van der Waals surface area contributed by atoms with Gasteiger partial charge in [0.05, 0.1) is 11.0 Å². The van der Waals surface area contributed by atoms with E-state index in [0.717, 1.165) is 18.2 Å². The lowest BCUT2D eigenvalue weighted by atomic mass is 9.66. The van der Waals surface area contributed by atoms with Gasteiger partial charge in [0, 0.05) is 24.0 Å². The van der Waals surface area contributed by atoms with Crippen LogP contribution in [0.15, 0.2) is 18.2 Å². The topological polar surface area (TPSA) is 72.6 Å². The fraction of sp³-hybridized carbons (Fsp3) is 0.500. The number of nitro groups is 1. The summed E-state index contributed by atoms with van der Waals surface area (Å²) >= 11 is 0. The molecule has 5 nitrogen and oxygen atoms in total. The molecule has 1 aliphatic rings. The molecule has 1 aliphatic carbocycles. The van der Waals surface area contributed by atoms with Crippen LogP contribution in [0.4, 0.5) is 10.1 Å². The van der Waals surface area contributed by atoms with Crippen LogP contribution >= 0.6 is 0 Å². The molecule has 1 aromatic rings. The molecule has 0 heterocycles. The van der Waals surface area contributed by atoms with E-state index in [0.29, 0.717) is 6.42 Å². The van der Waals surface area contributed by atoms with Crippen molar-refractivity contribution in [1.82, 2.24) is 0 Å². The molecule has 0 spiro atoms. The highest BCUT2D eigenvalue weighted by atomic mass is 19.1. The van der Waals surface area contributed by atoms with Crippen LogP contribution in [0.3, 0.4) is 0 Å². The van der Waals surface area contributed by atoms with Gasteiger partial charge in [-0.15, -0.1) is 0 Å². The number of aliphatic hydroxyl groups is 1. The SMILES string of the molecule is CC1(C)C(O)CC1Oc1cc(F)ccc1[N+](=O)[O-]. The van der Waals surface area contributed by atoms with Crippen molar-refractivity contribution in [3.63, 3.8) is 0 Å². The maximum absolute atomic E-state index is 13.1. The minimum Gasteiger partial charge on any atom is -0.483 e. The van der Waals surface area contributed by atoms with E-state index in [-0.39, 0.29) is 17.5 Å². The van der Waals surface area contributed by atoms with Gasteiger partial charge in [0.2, 0.25) is 0 Å². The van der Waals surface area contributed by atoms with Crippen LogP contribution in [0.2, 0.25) is 0 Å². The van der Waals surface area contributed by atoms with Crippen molar-refractivity contribution in [3.8, 4) is 5.75 Å². The first-order valence-corrected chi connectivity index (χ1v) is 5.61. The molecule has 1 N–H and O–H groups in total. The summed E-state index contributed by atoms with van der Waals surface area (Å²) < 4.78 is 18.6. The van der Waals surface area contributed by atoms with Crippen LogP contribution in [-0.2, 0) is 0 Å². The molecule has 1 aromatic carbocycles. The second-order valence-corrected chi connectivity index (χ2v) is 5.05. The summed E-state index contributed by atoms with van der Waals surface area (Å²) in [6.45, 7) is 3.61. The Morgan fingerprint density at radius 1 is 1.56 bits per heavy atom. The number of benzene rings is 1. The van der Waals surface area contributed by atoms with Crippen molar-refractivity contribution in [2.75, 3.05) is 0 Å². The Morgan fingerprint density at radius 2 is 2.22 bits per heavy atom. The highest BCUT2D eigenvalue weighted by Crippen LogP contribution is 2.44. The van der Waals surface area contributed by atoms with Crippen molar-refractivity contribution >= 4 is 5.69 Å². The monoisotopic (exact) mass is 255 g/mol. The highest BCUT2D eigenvalue weighted by Gasteiger charge is 2.49. The van der Waals surface area contributed by atoms with E-state index in [4.69, 9.17) is 4.74 Å². The van der Waals surface area contributed by atoms with Gasteiger partial charge in [0.1, 0.15) is 11.9 Å². The molecule has 0 bridgehead atoms. The van der Waals surface area contributed by atoms with Crippen molar-refractivity contribution in [1.29, 1.82) is 0 Å². The lowest BCUT2D eigenvalue weighted by Crippen LogP contribution is -2.56. The van der Waals surface area contributed by atoms with Crippen molar-refractivity contribution in [2.45, 2.75) is 32.5 Å². The Hall–Kier alpha value is -1.69. The summed E-state index contributed by atoms with van der Waals surface area (Å²) in [4.78, 5) is 10.2. The average molecular weight is 255 g/mol. The Morgan fingerprint density at radius 3 is 2.72 bits per heavy atom. The van der Waals surface area contributed by atoms with E-state index in [2.05, 4.69) is 0 Å². The Labute approximate surface area is 103 Å². The van der Waals surface area contributed by atoms with Crippen LogP contribution in [0.5, 0.6) is 5.75 Å². The van der Waals surface area contributed by atoms with Gasteiger partial charge in [0.25, 0.3) is 0 Å². The Kier molecular flexibility index (Phi) is 2.98. The largest absolute Gasteiger partial charge is 0.483 e. The van der Waals surface area contributed by atoms with Crippen LogP contribution < -0.4 is 4.74 Å². The van der Waals surface area contributed by atoms with Crippen LogP contribution in [0.1, 0.15) is 20.3 Å². The predicted molar refractivity (Wildman–Crippen MR) is 61.9 cm³/mol. The van der Waals surface area contributed by atoms with E-state index < -0.39 is 22.3 Å². The molecule has 6 heteroatoms. The third kappa shape index (κ3) is 2.03. The van der Waals surface area contributed by atoms with E-state index in [9.17, 15) is 19.6 Å². The normalized spacial score (nSPS) is 25.3. The minimum atomic E-state index is -0.614. The number of hydrogen-bond donors (Lipinski definition) is 1. The first kappa shape index (κ1) is 12.8. The maximum Gasteiger partial charge on any atom is 0.311 e. The number of hydrogen-bond acceptors (Lipinski definition) is 4. The summed E-state index contributed by atoms with van der Waals surface area (Å²) in [5.74, 6) is -0.682. The number of nitro benzene ring substituents is 1. The van der Waals surface area contributed by atoms with Crippen LogP contribution in [0, 0.1) is 21.3 Å². The second-order valence-electron chi connectivity index (χ2n) is 5.05. The molecule has 2 atom stereocenters. The van der Waals surface area contributed by atoms with Crippen molar-refractivity contribution in [3.05, 3.63) is 34.1 Å². The Bertz CT molecular complexity index is 489. The van der Waals surface area contributed by atoms with Gasteiger partial charge in [-0.25, -0.2) is 4.39 Å². The van der Waals surface area contributed by atoms with Gasteiger partial charge in [-0.2, -0.15) is 0 Å². The molecule has 18 heavy (non-hydrogen) atoms. The molecule has 2 unspecified atom stereocenters. The van der Waals surface area contributed by atoms with E-state index in [1.165, 1.54) is 0 Å². The molecular formula is C12H14FNO4. The van der Waals surface area contributed by atoms with Gasteiger partial charge >= 0.3 is 5.69 Å².